The van der Waals surface area contributed by atoms with Crippen molar-refractivity contribution in [3.05, 3.63) is 95.1 Å². The van der Waals surface area contributed by atoms with E-state index in [1.807, 2.05) is 35.8 Å². The predicted molar refractivity (Wildman–Crippen MR) is 146 cm³/mol. The third-order valence-electron chi connectivity index (χ3n) is 5.87. The minimum atomic E-state index is -1.25. The van der Waals surface area contributed by atoms with Crippen LogP contribution in [0.25, 0.3) is 17.1 Å². The number of hydrogen-bond acceptors (Lipinski definition) is 6. The number of aromatic amines is 1. The van der Waals surface area contributed by atoms with Crippen LogP contribution in [0.3, 0.4) is 0 Å². The second kappa shape index (κ2) is 11.4. The highest BCUT2D eigenvalue weighted by molar-refractivity contribution is 7.99. The average Bonchev–Trinajstić information content (AvgIpc) is 3.32. The van der Waals surface area contributed by atoms with Gasteiger partial charge < -0.3 is 9.90 Å². The fraction of sp³-hybridized carbons (Fsp3) is 0.207. The quantitative estimate of drug-likeness (QED) is 0.157. The summed E-state index contributed by atoms with van der Waals surface area (Å²) in [4.78, 5) is 23.3. The first-order valence-electron chi connectivity index (χ1n) is 12.1. The highest BCUT2D eigenvalue weighted by Crippen LogP contribution is 2.26. The van der Waals surface area contributed by atoms with E-state index in [-0.39, 0.29) is 22.6 Å². The number of aromatic nitrogens is 3. The lowest BCUT2D eigenvalue weighted by Gasteiger charge is -2.18. The number of nitrogens with zero attached hydrogens (tertiary/aromatic N) is 3. The Balaban J connectivity index is 1.50. The van der Waals surface area contributed by atoms with E-state index in [0.29, 0.717) is 10.7 Å². The zero-order valence-electron chi connectivity index (χ0n) is 21.7. The van der Waals surface area contributed by atoms with E-state index in [1.165, 1.54) is 35.7 Å². The van der Waals surface area contributed by atoms with E-state index in [1.54, 1.807) is 12.1 Å². The molecule has 0 radical (unpaired) electrons. The van der Waals surface area contributed by atoms with Crippen molar-refractivity contribution >= 4 is 29.9 Å². The summed E-state index contributed by atoms with van der Waals surface area (Å²) in [6, 6.07) is 22.5. The van der Waals surface area contributed by atoms with Crippen LogP contribution in [-0.2, 0) is 10.2 Å². The van der Waals surface area contributed by atoms with Gasteiger partial charge in [0, 0.05) is 0 Å². The number of aromatic carboxylic acids is 1. The third-order valence-corrected chi connectivity index (χ3v) is 6.81. The molecule has 8 nitrogen and oxygen atoms in total. The number of hydrazone groups is 1. The number of carbonyl (C=O) groups excluding carboxylic acids is 2. The molecular weight excluding hydrogens is 498 g/mol. The van der Waals surface area contributed by atoms with E-state index in [9.17, 15) is 14.7 Å². The summed E-state index contributed by atoms with van der Waals surface area (Å²) >= 11 is 1.29. The SMILES string of the molecule is Cc1ccc(-[n+]2c(SCC(=O)N/N=C/c3ccc(C(=O)[O-])cc3)n[nH]c2-c2ccc(C(C)(C)C)cc2)cc1. The van der Waals surface area contributed by atoms with Crippen LogP contribution in [0.2, 0.25) is 0 Å². The molecule has 38 heavy (non-hydrogen) atoms. The highest BCUT2D eigenvalue weighted by Gasteiger charge is 2.25. The van der Waals surface area contributed by atoms with Crippen LogP contribution in [0.5, 0.6) is 0 Å². The minimum Gasteiger partial charge on any atom is -0.545 e. The molecule has 1 aromatic heterocycles. The smallest absolute Gasteiger partial charge is 0.342 e. The Bertz CT molecular complexity index is 1450. The topological polar surface area (TPSA) is 114 Å². The van der Waals surface area contributed by atoms with Gasteiger partial charge in [0.15, 0.2) is 0 Å². The molecule has 0 spiro atoms. The van der Waals surface area contributed by atoms with E-state index in [2.05, 4.69) is 65.8 Å². The molecular formula is C29H29N5O3S. The average molecular weight is 528 g/mol. The van der Waals surface area contributed by atoms with Crippen molar-refractivity contribution in [3.63, 3.8) is 0 Å². The van der Waals surface area contributed by atoms with Crippen molar-refractivity contribution in [2.75, 3.05) is 5.75 Å². The lowest BCUT2D eigenvalue weighted by Crippen LogP contribution is -2.34. The Labute approximate surface area is 225 Å². The Morgan fingerprint density at radius 3 is 2.29 bits per heavy atom. The summed E-state index contributed by atoms with van der Waals surface area (Å²) < 4.78 is 2.01. The van der Waals surface area contributed by atoms with Gasteiger partial charge in [-0.3, -0.25) is 4.79 Å². The number of hydrogen-bond donors (Lipinski definition) is 2. The van der Waals surface area contributed by atoms with Crippen LogP contribution in [0.15, 0.2) is 83.1 Å². The Hall–Kier alpha value is -4.24. The van der Waals surface area contributed by atoms with Gasteiger partial charge >= 0.3 is 5.16 Å². The summed E-state index contributed by atoms with van der Waals surface area (Å²) in [7, 11) is 0. The number of carbonyl (C=O) groups is 2. The molecule has 0 unspecified atom stereocenters. The summed E-state index contributed by atoms with van der Waals surface area (Å²) in [6.45, 7) is 8.58. The summed E-state index contributed by atoms with van der Waals surface area (Å²) in [5.74, 6) is -0.632. The fourth-order valence-corrected chi connectivity index (χ4v) is 4.46. The van der Waals surface area contributed by atoms with E-state index < -0.39 is 5.97 Å². The Kier molecular flexibility index (Phi) is 8.07. The fourth-order valence-electron chi connectivity index (χ4n) is 3.69. The number of carboxylic acids is 1. The van der Waals surface area contributed by atoms with Crippen LogP contribution < -0.4 is 15.1 Å². The maximum absolute atomic E-state index is 12.5. The molecule has 1 amide bonds. The van der Waals surface area contributed by atoms with Gasteiger partial charge in [-0.25, -0.2) is 5.43 Å². The number of H-pyrrole nitrogens is 1. The lowest BCUT2D eigenvalue weighted by molar-refractivity contribution is -0.625. The number of benzene rings is 3. The minimum absolute atomic E-state index is 0.0513. The van der Waals surface area contributed by atoms with Crippen molar-refractivity contribution in [1.82, 2.24) is 15.6 Å². The molecule has 4 rings (SSSR count). The predicted octanol–water partition coefficient (Wildman–Crippen LogP) is 3.57. The van der Waals surface area contributed by atoms with E-state index in [0.717, 1.165) is 22.6 Å². The molecule has 4 aromatic rings. The first-order valence-corrected chi connectivity index (χ1v) is 13.0. The lowest BCUT2D eigenvalue weighted by atomic mass is 9.87. The van der Waals surface area contributed by atoms with Gasteiger partial charge in [0.2, 0.25) is 0 Å². The zero-order valence-corrected chi connectivity index (χ0v) is 22.5. The van der Waals surface area contributed by atoms with Crippen LogP contribution in [0.1, 0.15) is 47.8 Å². The number of thioether (sulfide) groups is 1. The monoisotopic (exact) mass is 527 g/mol. The molecule has 0 aliphatic rings. The van der Waals surface area contributed by atoms with Crippen LogP contribution in [0.4, 0.5) is 0 Å². The molecule has 0 atom stereocenters. The van der Waals surface area contributed by atoms with Crippen molar-refractivity contribution in [3.8, 4) is 17.1 Å². The van der Waals surface area contributed by atoms with Crippen LogP contribution >= 0.6 is 11.8 Å². The maximum atomic E-state index is 12.5. The van der Waals surface area contributed by atoms with Gasteiger partial charge in [0.25, 0.3) is 11.7 Å². The molecule has 0 saturated heterocycles. The van der Waals surface area contributed by atoms with E-state index >= 15 is 0 Å². The summed E-state index contributed by atoms with van der Waals surface area (Å²) in [5, 5.41) is 23.1. The van der Waals surface area contributed by atoms with Crippen LogP contribution in [0, 0.1) is 6.92 Å². The maximum Gasteiger partial charge on any atom is 0.342 e. The molecule has 0 saturated carbocycles. The number of aryl methyl sites for hydroxylation is 1. The van der Waals surface area contributed by atoms with Gasteiger partial charge in [-0.2, -0.15) is 9.67 Å². The molecule has 2 N–H and O–H groups in total. The standard InChI is InChI=1S/C29H29N5O3S/c1-19-5-15-24(16-6-19)34-26(21-11-13-23(14-12-21)29(2,3)4)32-33-28(34)38-18-25(35)31-30-17-20-7-9-22(10-8-20)27(36)37/h5-17H,18H2,1-4H3,(H2,31,35,36,37)/b30-17+. The van der Waals surface area contributed by atoms with Gasteiger partial charge in [0.05, 0.1) is 28.6 Å². The number of rotatable bonds is 8. The molecule has 1 heterocycles. The van der Waals surface area contributed by atoms with Gasteiger partial charge in [0.1, 0.15) is 5.69 Å². The molecule has 0 aliphatic carbocycles. The number of carboxylic acid groups (broad SMARTS) is 1. The number of amides is 1. The normalized spacial score (nSPS) is 11.6. The van der Waals surface area contributed by atoms with E-state index in [4.69, 9.17) is 0 Å². The molecule has 194 valence electrons. The van der Waals surface area contributed by atoms with Gasteiger partial charge in [-0.15, -0.1) is 5.10 Å². The third kappa shape index (κ3) is 6.54. The first-order chi connectivity index (χ1) is 18.1. The zero-order chi connectivity index (χ0) is 27.3. The number of nitrogens with one attached hydrogen (secondary N) is 2. The Morgan fingerprint density at radius 1 is 1.03 bits per heavy atom. The second-order valence-electron chi connectivity index (χ2n) is 9.84. The molecule has 0 bridgehead atoms. The van der Waals surface area contributed by atoms with Gasteiger partial charge in [-0.1, -0.05) is 74.9 Å². The van der Waals surface area contributed by atoms with Crippen molar-refractivity contribution in [2.45, 2.75) is 38.3 Å². The second-order valence-corrected chi connectivity index (χ2v) is 10.8. The highest BCUT2D eigenvalue weighted by atomic mass is 32.2. The summed E-state index contributed by atoms with van der Waals surface area (Å²) in [6.07, 6.45) is 1.45. The summed E-state index contributed by atoms with van der Waals surface area (Å²) in [5.41, 5.74) is 7.58. The molecule has 3 aromatic carbocycles. The molecule has 9 heteroatoms. The van der Waals surface area contributed by atoms with Gasteiger partial charge in [-0.05, 0) is 65.1 Å². The van der Waals surface area contributed by atoms with Crippen LogP contribution in [-0.4, -0.2) is 34.0 Å². The molecule has 0 fully saturated rings. The molecule has 0 aliphatic heterocycles. The van der Waals surface area contributed by atoms with Crippen molar-refractivity contribution in [1.29, 1.82) is 0 Å². The van der Waals surface area contributed by atoms with Crippen molar-refractivity contribution in [2.24, 2.45) is 5.10 Å². The van der Waals surface area contributed by atoms with Crippen molar-refractivity contribution < 1.29 is 19.3 Å². The largest absolute Gasteiger partial charge is 0.545 e. The first kappa shape index (κ1) is 26.8. The Morgan fingerprint density at radius 2 is 1.68 bits per heavy atom.